The van der Waals surface area contributed by atoms with Gasteiger partial charge in [0, 0.05) is 26.2 Å². The van der Waals surface area contributed by atoms with E-state index in [1.165, 1.54) is 0 Å². The Morgan fingerprint density at radius 3 is 2.62 bits per heavy atom. The van der Waals surface area contributed by atoms with Crippen molar-refractivity contribution >= 4 is 29.3 Å². The van der Waals surface area contributed by atoms with E-state index >= 15 is 0 Å². The summed E-state index contributed by atoms with van der Waals surface area (Å²) in [6.07, 6.45) is -0.484. The predicted molar refractivity (Wildman–Crippen MR) is 107 cm³/mol. The third-order valence-electron chi connectivity index (χ3n) is 3.49. The Balaban J connectivity index is 0.00000163. The van der Waals surface area contributed by atoms with E-state index in [2.05, 4.69) is 10.2 Å². The Kier molecular flexibility index (Phi) is 9.72. The third kappa shape index (κ3) is 8.58. The maximum absolute atomic E-state index is 11.7. The van der Waals surface area contributed by atoms with Crippen molar-refractivity contribution in [3.8, 4) is 0 Å². The van der Waals surface area contributed by atoms with E-state index < -0.39 is 11.7 Å². The maximum atomic E-state index is 11.7. The van der Waals surface area contributed by atoms with Gasteiger partial charge in [-0.25, -0.2) is 4.79 Å². The zero-order chi connectivity index (χ0) is 19.7. The van der Waals surface area contributed by atoms with Gasteiger partial charge in [0.2, 0.25) is 0 Å². The van der Waals surface area contributed by atoms with E-state index in [1.807, 2.05) is 46.8 Å². The monoisotopic (exact) mass is 404 g/mol. The number of morpholine rings is 1. The summed E-state index contributed by atoms with van der Waals surface area (Å²) in [7, 11) is 0. The van der Waals surface area contributed by atoms with Gasteiger partial charge in [0.15, 0.2) is 0 Å². The highest BCUT2D eigenvalue weighted by molar-refractivity contribution is 6.42. The SMILES string of the molecule is CC.CC(C)(C)OC(=O)NC[C@H]1CN(Cc2ccc(Cl)c(Cl)c2)CCO1. The molecule has 0 aromatic heterocycles. The first kappa shape index (κ1) is 23.0. The molecule has 1 saturated heterocycles. The number of halogens is 2. The van der Waals surface area contributed by atoms with Gasteiger partial charge in [-0.05, 0) is 38.5 Å². The second-order valence-electron chi connectivity index (χ2n) is 6.86. The molecule has 0 spiro atoms. The zero-order valence-corrected chi connectivity index (χ0v) is 17.8. The van der Waals surface area contributed by atoms with Crippen LogP contribution in [-0.4, -0.2) is 48.9 Å². The number of nitrogens with zero attached hydrogens (tertiary/aromatic N) is 1. The summed E-state index contributed by atoms with van der Waals surface area (Å²) in [4.78, 5) is 14.0. The van der Waals surface area contributed by atoms with Crippen molar-refractivity contribution < 1.29 is 14.3 Å². The molecular weight excluding hydrogens is 375 g/mol. The van der Waals surface area contributed by atoms with Gasteiger partial charge in [-0.1, -0.05) is 43.1 Å². The highest BCUT2D eigenvalue weighted by Gasteiger charge is 2.22. The summed E-state index contributed by atoms with van der Waals surface area (Å²) >= 11 is 12.0. The lowest BCUT2D eigenvalue weighted by atomic mass is 10.2. The molecule has 1 amide bonds. The number of hydrogen-bond acceptors (Lipinski definition) is 4. The molecule has 1 aliphatic heterocycles. The van der Waals surface area contributed by atoms with Gasteiger partial charge >= 0.3 is 6.09 Å². The molecule has 1 aromatic carbocycles. The number of alkyl carbamates (subject to hydrolysis) is 1. The molecule has 1 fully saturated rings. The van der Waals surface area contributed by atoms with Gasteiger partial charge < -0.3 is 14.8 Å². The van der Waals surface area contributed by atoms with E-state index in [1.54, 1.807) is 6.07 Å². The Morgan fingerprint density at radius 2 is 2.00 bits per heavy atom. The first-order valence-corrected chi connectivity index (χ1v) is 9.73. The van der Waals surface area contributed by atoms with Gasteiger partial charge in [0.25, 0.3) is 0 Å². The van der Waals surface area contributed by atoms with Crippen LogP contribution in [0.25, 0.3) is 0 Å². The maximum Gasteiger partial charge on any atom is 0.407 e. The van der Waals surface area contributed by atoms with E-state index in [4.69, 9.17) is 32.7 Å². The lowest BCUT2D eigenvalue weighted by Gasteiger charge is -2.33. The quantitative estimate of drug-likeness (QED) is 0.786. The van der Waals surface area contributed by atoms with Gasteiger partial charge in [0.1, 0.15) is 5.60 Å². The van der Waals surface area contributed by atoms with Gasteiger partial charge in [-0.15, -0.1) is 0 Å². The molecule has 1 aliphatic rings. The Morgan fingerprint density at radius 1 is 1.31 bits per heavy atom. The molecule has 1 aromatic rings. The number of amides is 1. The van der Waals surface area contributed by atoms with E-state index in [0.29, 0.717) is 23.2 Å². The number of hydrogen-bond donors (Lipinski definition) is 1. The lowest BCUT2D eigenvalue weighted by Crippen LogP contribution is -2.47. The summed E-state index contributed by atoms with van der Waals surface area (Å²) in [6.45, 7) is 12.9. The second kappa shape index (κ2) is 11.0. The minimum atomic E-state index is -0.503. The molecule has 1 N–H and O–H groups in total. The number of carbonyl (C=O) groups is 1. The number of rotatable bonds is 4. The Labute approximate surface area is 166 Å². The third-order valence-corrected chi connectivity index (χ3v) is 4.23. The molecule has 0 unspecified atom stereocenters. The number of nitrogens with one attached hydrogen (secondary N) is 1. The lowest BCUT2D eigenvalue weighted by molar-refractivity contribution is -0.0313. The van der Waals surface area contributed by atoms with Crippen molar-refractivity contribution in [3.05, 3.63) is 33.8 Å². The standard InChI is InChI=1S/C17H24Cl2N2O3.C2H6/c1-17(2,3)24-16(22)20-9-13-11-21(6-7-23-13)10-12-4-5-14(18)15(19)8-12;1-2/h4-5,8,13H,6-7,9-11H2,1-3H3,(H,20,22);1-2H3/t13-;/m0./s1. The smallest absolute Gasteiger partial charge is 0.407 e. The summed E-state index contributed by atoms with van der Waals surface area (Å²) < 4.78 is 10.9. The fourth-order valence-corrected chi connectivity index (χ4v) is 2.78. The molecule has 1 atom stereocenters. The van der Waals surface area contributed by atoms with Crippen LogP contribution in [-0.2, 0) is 16.0 Å². The predicted octanol–water partition coefficient (Wildman–Crippen LogP) is 4.75. The van der Waals surface area contributed by atoms with Crippen LogP contribution in [0.3, 0.4) is 0 Å². The van der Waals surface area contributed by atoms with Crippen LogP contribution >= 0.6 is 23.2 Å². The number of benzene rings is 1. The molecule has 0 bridgehead atoms. The molecule has 26 heavy (non-hydrogen) atoms. The molecule has 0 aliphatic carbocycles. The van der Waals surface area contributed by atoms with Crippen molar-refractivity contribution in [1.29, 1.82) is 0 Å². The van der Waals surface area contributed by atoms with Gasteiger partial charge in [0.05, 0.1) is 22.8 Å². The van der Waals surface area contributed by atoms with E-state index in [-0.39, 0.29) is 6.10 Å². The first-order valence-electron chi connectivity index (χ1n) is 8.98. The second-order valence-corrected chi connectivity index (χ2v) is 7.67. The van der Waals surface area contributed by atoms with Crippen LogP contribution in [0.1, 0.15) is 40.2 Å². The van der Waals surface area contributed by atoms with Crippen LogP contribution in [0, 0.1) is 0 Å². The summed E-state index contributed by atoms with van der Waals surface area (Å²) in [5.74, 6) is 0. The fraction of sp³-hybridized carbons (Fsp3) is 0.632. The average molecular weight is 405 g/mol. The van der Waals surface area contributed by atoms with Crippen molar-refractivity contribution in [2.24, 2.45) is 0 Å². The normalized spacial score (nSPS) is 17.9. The van der Waals surface area contributed by atoms with E-state index in [0.717, 1.165) is 25.2 Å². The summed E-state index contributed by atoms with van der Waals surface area (Å²) in [6, 6.07) is 5.66. The molecule has 148 valence electrons. The van der Waals surface area contributed by atoms with Crippen LogP contribution in [0.2, 0.25) is 10.0 Å². The van der Waals surface area contributed by atoms with Gasteiger partial charge in [-0.3, -0.25) is 4.90 Å². The minimum absolute atomic E-state index is 0.0611. The van der Waals surface area contributed by atoms with E-state index in [9.17, 15) is 4.79 Å². The highest BCUT2D eigenvalue weighted by atomic mass is 35.5. The summed E-state index contributed by atoms with van der Waals surface area (Å²) in [5, 5.41) is 3.88. The molecule has 7 heteroatoms. The summed E-state index contributed by atoms with van der Waals surface area (Å²) in [5.41, 5.74) is 0.599. The van der Waals surface area contributed by atoms with Crippen LogP contribution in [0.5, 0.6) is 0 Å². The Bertz CT molecular complexity index is 576. The highest BCUT2D eigenvalue weighted by Crippen LogP contribution is 2.23. The van der Waals surface area contributed by atoms with Gasteiger partial charge in [-0.2, -0.15) is 0 Å². The minimum Gasteiger partial charge on any atom is -0.444 e. The molecule has 0 saturated carbocycles. The van der Waals surface area contributed by atoms with Crippen molar-refractivity contribution in [3.63, 3.8) is 0 Å². The molecule has 2 rings (SSSR count). The van der Waals surface area contributed by atoms with Crippen LogP contribution < -0.4 is 5.32 Å². The first-order chi connectivity index (χ1) is 12.2. The molecule has 0 radical (unpaired) electrons. The zero-order valence-electron chi connectivity index (χ0n) is 16.3. The Hall–Kier alpha value is -1.01. The largest absolute Gasteiger partial charge is 0.444 e. The van der Waals surface area contributed by atoms with Crippen LogP contribution in [0.4, 0.5) is 4.79 Å². The van der Waals surface area contributed by atoms with Crippen molar-refractivity contribution in [2.75, 3.05) is 26.2 Å². The van der Waals surface area contributed by atoms with Crippen molar-refractivity contribution in [2.45, 2.75) is 52.9 Å². The topological polar surface area (TPSA) is 50.8 Å². The van der Waals surface area contributed by atoms with Crippen molar-refractivity contribution in [1.82, 2.24) is 10.2 Å². The van der Waals surface area contributed by atoms with Crippen LogP contribution in [0.15, 0.2) is 18.2 Å². The average Bonchev–Trinajstić information content (AvgIpc) is 2.57. The molecular formula is C19H30Cl2N2O3. The fourth-order valence-electron chi connectivity index (χ4n) is 2.46. The number of carbonyl (C=O) groups excluding carboxylic acids is 1. The molecule has 5 nitrogen and oxygen atoms in total. The molecule has 1 heterocycles. The number of ether oxygens (including phenoxy) is 2.